The Kier molecular flexibility index (Phi) is 4.15. The van der Waals surface area contributed by atoms with Crippen LogP contribution in [0.25, 0.3) is 0 Å². The van der Waals surface area contributed by atoms with Crippen LogP contribution in [0, 0.1) is 12.8 Å². The summed E-state index contributed by atoms with van der Waals surface area (Å²) in [5.41, 5.74) is 7.06. The molecule has 20 heavy (non-hydrogen) atoms. The van der Waals surface area contributed by atoms with Crippen LogP contribution in [0.4, 0.5) is 0 Å². The van der Waals surface area contributed by atoms with Gasteiger partial charge in [-0.15, -0.1) is 0 Å². The van der Waals surface area contributed by atoms with Gasteiger partial charge < -0.3 is 11.1 Å². The quantitative estimate of drug-likeness (QED) is 0.843. The molecule has 0 aromatic heterocycles. The predicted octanol–water partition coefficient (Wildman–Crippen LogP) is 0.866. The van der Waals surface area contributed by atoms with Gasteiger partial charge in [0, 0.05) is 24.4 Å². The van der Waals surface area contributed by atoms with Crippen LogP contribution in [0.5, 0.6) is 0 Å². The topological polar surface area (TPSA) is 89.3 Å². The Balaban J connectivity index is 2.12. The molecular formula is C14H20N2O3S. The highest BCUT2D eigenvalue weighted by Gasteiger charge is 2.28. The monoisotopic (exact) mass is 296 g/mol. The number of amides is 1. The van der Waals surface area contributed by atoms with E-state index in [-0.39, 0.29) is 16.8 Å². The number of carbonyl (C=O) groups excluding carboxylic acids is 1. The summed E-state index contributed by atoms with van der Waals surface area (Å²) in [6, 6.07) is 4.56. The van der Waals surface area contributed by atoms with E-state index in [2.05, 4.69) is 5.32 Å². The molecule has 1 amide bonds. The second kappa shape index (κ2) is 5.54. The third-order valence-electron chi connectivity index (χ3n) is 3.61. The summed E-state index contributed by atoms with van der Waals surface area (Å²) in [5, 5.41) is 2.78. The van der Waals surface area contributed by atoms with E-state index in [0.717, 1.165) is 24.7 Å². The number of nitrogens with two attached hydrogens (primary N) is 1. The zero-order valence-corrected chi connectivity index (χ0v) is 12.5. The minimum absolute atomic E-state index is 0.0163. The Hall–Kier alpha value is -1.40. The molecule has 0 spiro atoms. The molecule has 1 saturated carbocycles. The van der Waals surface area contributed by atoms with E-state index >= 15 is 0 Å². The van der Waals surface area contributed by atoms with Gasteiger partial charge in [0.2, 0.25) is 0 Å². The van der Waals surface area contributed by atoms with Gasteiger partial charge in [0.1, 0.15) is 0 Å². The van der Waals surface area contributed by atoms with Crippen molar-refractivity contribution >= 4 is 15.7 Å². The smallest absolute Gasteiger partial charge is 0.251 e. The van der Waals surface area contributed by atoms with Crippen molar-refractivity contribution < 1.29 is 13.2 Å². The van der Waals surface area contributed by atoms with Gasteiger partial charge >= 0.3 is 0 Å². The second-order valence-electron chi connectivity index (χ2n) is 5.46. The van der Waals surface area contributed by atoms with Crippen LogP contribution in [0.15, 0.2) is 23.1 Å². The van der Waals surface area contributed by atoms with Crippen LogP contribution < -0.4 is 11.1 Å². The third-order valence-corrected chi connectivity index (χ3v) is 4.72. The molecule has 1 fully saturated rings. The summed E-state index contributed by atoms with van der Waals surface area (Å²) in [5.74, 6) is 0.239. The maximum atomic E-state index is 12.1. The molecule has 110 valence electrons. The highest BCUT2D eigenvalue weighted by Crippen LogP contribution is 2.31. The largest absolute Gasteiger partial charge is 0.350 e. The molecule has 0 aliphatic heterocycles. The van der Waals surface area contributed by atoms with Crippen molar-refractivity contribution in [2.24, 2.45) is 11.7 Å². The van der Waals surface area contributed by atoms with Gasteiger partial charge in [0.05, 0.1) is 4.90 Å². The summed E-state index contributed by atoms with van der Waals surface area (Å²) < 4.78 is 23.1. The van der Waals surface area contributed by atoms with Gasteiger partial charge in [-0.25, -0.2) is 8.42 Å². The SMILES string of the molecule is Cc1ccc(S(C)(=O)=O)cc1C(=O)NCC(N)C1CC1. The molecular weight excluding hydrogens is 276 g/mol. The van der Waals surface area contributed by atoms with Gasteiger partial charge in [-0.1, -0.05) is 6.07 Å². The molecule has 5 nitrogen and oxygen atoms in total. The minimum atomic E-state index is -3.32. The first kappa shape index (κ1) is 15.0. The predicted molar refractivity (Wildman–Crippen MR) is 77.3 cm³/mol. The summed E-state index contributed by atoms with van der Waals surface area (Å²) in [7, 11) is -3.32. The summed E-state index contributed by atoms with van der Waals surface area (Å²) in [4.78, 5) is 12.3. The van der Waals surface area contributed by atoms with Gasteiger partial charge in [0.15, 0.2) is 9.84 Å². The fourth-order valence-electron chi connectivity index (χ4n) is 2.07. The third kappa shape index (κ3) is 3.58. The number of sulfone groups is 1. The number of carbonyl (C=O) groups is 1. The number of nitrogens with one attached hydrogen (secondary N) is 1. The molecule has 1 aliphatic rings. The molecule has 0 heterocycles. The standard InChI is InChI=1S/C14H20N2O3S/c1-9-3-6-11(20(2,18)19)7-12(9)14(17)16-8-13(15)10-4-5-10/h3,6-7,10,13H,4-5,8,15H2,1-2H3,(H,16,17). The zero-order valence-electron chi connectivity index (χ0n) is 11.7. The lowest BCUT2D eigenvalue weighted by Gasteiger charge is -2.13. The number of hydrogen-bond donors (Lipinski definition) is 2. The molecule has 1 aromatic rings. The van der Waals surface area contributed by atoms with Crippen LogP contribution >= 0.6 is 0 Å². The molecule has 1 unspecified atom stereocenters. The molecule has 1 atom stereocenters. The van der Waals surface area contributed by atoms with Crippen molar-refractivity contribution in [3.63, 3.8) is 0 Å². The zero-order chi connectivity index (χ0) is 14.9. The fraction of sp³-hybridized carbons (Fsp3) is 0.500. The number of rotatable bonds is 5. The van der Waals surface area contributed by atoms with Crippen LogP contribution in [-0.2, 0) is 9.84 Å². The van der Waals surface area contributed by atoms with E-state index in [1.54, 1.807) is 13.0 Å². The minimum Gasteiger partial charge on any atom is -0.350 e. The van der Waals surface area contributed by atoms with Crippen molar-refractivity contribution in [3.05, 3.63) is 29.3 Å². The summed E-state index contributed by atoms with van der Waals surface area (Å²) in [6.45, 7) is 2.20. The maximum absolute atomic E-state index is 12.1. The lowest BCUT2D eigenvalue weighted by molar-refractivity contribution is 0.0949. The Morgan fingerprint density at radius 3 is 2.65 bits per heavy atom. The first-order chi connectivity index (χ1) is 9.29. The van der Waals surface area contributed by atoms with Crippen molar-refractivity contribution in [2.75, 3.05) is 12.8 Å². The maximum Gasteiger partial charge on any atom is 0.251 e. The fourth-order valence-corrected chi connectivity index (χ4v) is 2.72. The highest BCUT2D eigenvalue weighted by atomic mass is 32.2. The van der Waals surface area contributed by atoms with E-state index < -0.39 is 9.84 Å². The Labute approximate surface area is 119 Å². The van der Waals surface area contributed by atoms with Crippen molar-refractivity contribution in [1.29, 1.82) is 0 Å². The van der Waals surface area contributed by atoms with Crippen molar-refractivity contribution in [3.8, 4) is 0 Å². The lowest BCUT2D eigenvalue weighted by atomic mass is 10.1. The molecule has 0 saturated heterocycles. The Bertz CT molecular complexity index is 621. The summed E-state index contributed by atoms with van der Waals surface area (Å²) in [6.07, 6.45) is 3.38. The number of hydrogen-bond acceptors (Lipinski definition) is 4. The lowest BCUT2D eigenvalue weighted by Crippen LogP contribution is -2.38. The first-order valence-electron chi connectivity index (χ1n) is 6.63. The van der Waals surface area contributed by atoms with Crippen LogP contribution in [0.1, 0.15) is 28.8 Å². The summed E-state index contributed by atoms with van der Waals surface area (Å²) >= 11 is 0. The molecule has 6 heteroatoms. The van der Waals surface area contributed by atoms with E-state index in [0.29, 0.717) is 18.0 Å². The van der Waals surface area contributed by atoms with Crippen molar-refractivity contribution in [1.82, 2.24) is 5.32 Å². The average Bonchev–Trinajstić information content (AvgIpc) is 3.18. The highest BCUT2D eigenvalue weighted by molar-refractivity contribution is 7.90. The molecule has 1 aliphatic carbocycles. The Morgan fingerprint density at radius 1 is 1.45 bits per heavy atom. The van der Waals surface area contributed by atoms with Gasteiger partial charge in [-0.05, 0) is 43.4 Å². The van der Waals surface area contributed by atoms with Gasteiger partial charge in [-0.2, -0.15) is 0 Å². The molecule has 0 radical (unpaired) electrons. The molecule has 2 rings (SSSR count). The van der Waals surface area contributed by atoms with Crippen LogP contribution in [0.2, 0.25) is 0 Å². The van der Waals surface area contributed by atoms with E-state index in [1.807, 2.05) is 0 Å². The van der Waals surface area contributed by atoms with E-state index in [9.17, 15) is 13.2 Å². The Morgan fingerprint density at radius 2 is 2.10 bits per heavy atom. The van der Waals surface area contributed by atoms with E-state index in [1.165, 1.54) is 12.1 Å². The van der Waals surface area contributed by atoms with Crippen LogP contribution in [0.3, 0.4) is 0 Å². The molecule has 0 bridgehead atoms. The molecule has 3 N–H and O–H groups in total. The number of aryl methyl sites for hydroxylation is 1. The van der Waals surface area contributed by atoms with Crippen molar-refractivity contribution in [2.45, 2.75) is 30.7 Å². The average molecular weight is 296 g/mol. The number of benzene rings is 1. The van der Waals surface area contributed by atoms with Gasteiger partial charge in [-0.3, -0.25) is 4.79 Å². The first-order valence-corrected chi connectivity index (χ1v) is 8.52. The van der Waals surface area contributed by atoms with E-state index in [4.69, 9.17) is 5.73 Å². The normalized spacial score (nSPS) is 16.8. The van der Waals surface area contributed by atoms with Crippen LogP contribution in [-0.4, -0.2) is 33.2 Å². The van der Waals surface area contributed by atoms with Gasteiger partial charge in [0.25, 0.3) is 5.91 Å². The molecule has 1 aromatic carbocycles. The second-order valence-corrected chi connectivity index (χ2v) is 7.48.